The third kappa shape index (κ3) is 2.68. The standard InChI is InChI=1S/C15H17NO2S/c1-4-13-9-15(10-16-12(13)3)19(17,18)14-7-5-11(2)6-8-14/h5-10H,4H2,1-3H3. The second-order valence-corrected chi connectivity index (χ2v) is 6.54. The van der Waals surface area contributed by atoms with Gasteiger partial charge in [0, 0.05) is 11.9 Å². The average molecular weight is 275 g/mol. The summed E-state index contributed by atoms with van der Waals surface area (Å²) in [5, 5.41) is 0. The Morgan fingerprint density at radius 1 is 1.05 bits per heavy atom. The van der Waals surface area contributed by atoms with Crippen molar-refractivity contribution in [1.29, 1.82) is 0 Å². The van der Waals surface area contributed by atoms with Gasteiger partial charge in [0.05, 0.1) is 9.79 Å². The molecular weight excluding hydrogens is 258 g/mol. The van der Waals surface area contributed by atoms with E-state index in [2.05, 4.69) is 4.98 Å². The van der Waals surface area contributed by atoms with Gasteiger partial charge in [-0.2, -0.15) is 0 Å². The summed E-state index contributed by atoms with van der Waals surface area (Å²) in [5.74, 6) is 0. The quantitative estimate of drug-likeness (QED) is 0.864. The first kappa shape index (κ1) is 13.7. The molecule has 0 radical (unpaired) electrons. The van der Waals surface area contributed by atoms with Crippen LogP contribution in [0.15, 0.2) is 46.3 Å². The lowest BCUT2D eigenvalue weighted by atomic mass is 10.1. The van der Waals surface area contributed by atoms with E-state index in [1.807, 2.05) is 20.8 Å². The minimum atomic E-state index is -3.47. The Morgan fingerprint density at radius 3 is 2.26 bits per heavy atom. The van der Waals surface area contributed by atoms with E-state index in [-0.39, 0.29) is 4.90 Å². The number of aryl methyl sites for hydroxylation is 3. The zero-order chi connectivity index (χ0) is 14.0. The lowest BCUT2D eigenvalue weighted by molar-refractivity contribution is 0.595. The molecule has 0 bridgehead atoms. The summed E-state index contributed by atoms with van der Waals surface area (Å²) in [5.41, 5.74) is 2.88. The van der Waals surface area contributed by atoms with Crippen molar-refractivity contribution in [3.8, 4) is 0 Å². The number of sulfone groups is 1. The van der Waals surface area contributed by atoms with Crippen LogP contribution >= 0.6 is 0 Å². The molecule has 1 aromatic carbocycles. The molecule has 0 N–H and O–H groups in total. The van der Waals surface area contributed by atoms with Crippen LogP contribution < -0.4 is 0 Å². The Bertz CT molecular complexity index is 689. The molecule has 0 spiro atoms. The topological polar surface area (TPSA) is 47.0 Å². The summed E-state index contributed by atoms with van der Waals surface area (Å²) in [7, 11) is -3.47. The van der Waals surface area contributed by atoms with Crippen molar-refractivity contribution in [1.82, 2.24) is 4.98 Å². The number of benzene rings is 1. The number of nitrogens with zero attached hydrogens (tertiary/aromatic N) is 1. The summed E-state index contributed by atoms with van der Waals surface area (Å²) in [6, 6.07) is 8.59. The van der Waals surface area contributed by atoms with Crippen LogP contribution in [-0.4, -0.2) is 13.4 Å². The molecule has 4 heteroatoms. The lowest BCUT2D eigenvalue weighted by Crippen LogP contribution is -2.04. The van der Waals surface area contributed by atoms with Crippen molar-refractivity contribution in [2.75, 3.05) is 0 Å². The minimum absolute atomic E-state index is 0.263. The van der Waals surface area contributed by atoms with Gasteiger partial charge in [0.1, 0.15) is 0 Å². The van der Waals surface area contributed by atoms with E-state index in [0.29, 0.717) is 4.90 Å². The Balaban J connectivity index is 2.53. The van der Waals surface area contributed by atoms with Crippen molar-refractivity contribution in [3.05, 3.63) is 53.3 Å². The van der Waals surface area contributed by atoms with E-state index in [1.54, 1.807) is 30.3 Å². The maximum Gasteiger partial charge on any atom is 0.208 e. The minimum Gasteiger partial charge on any atom is -0.260 e. The van der Waals surface area contributed by atoms with Crippen LogP contribution in [0.3, 0.4) is 0 Å². The van der Waals surface area contributed by atoms with Gasteiger partial charge in [0.15, 0.2) is 0 Å². The van der Waals surface area contributed by atoms with Gasteiger partial charge in [-0.15, -0.1) is 0 Å². The van der Waals surface area contributed by atoms with Crippen LogP contribution in [0.1, 0.15) is 23.7 Å². The highest BCUT2D eigenvalue weighted by Gasteiger charge is 2.18. The molecule has 0 aliphatic carbocycles. The van der Waals surface area contributed by atoms with Gasteiger partial charge in [0.25, 0.3) is 0 Å². The smallest absolute Gasteiger partial charge is 0.208 e. The average Bonchev–Trinajstić information content (AvgIpc) is 2.39. The molecule has 0 saturated heterocycles. The number of rotatable bonds is 3. The number of hydrogen-bond donors (Lipinski definition) is 0. The largest absolute Gasteiger partial charge is 0.260 e. The normalized spacial score (nSPS) is 11.5. The van der Waals surface area contributed by atoms with Crippen LogP contribution in [-0.2, 0) is 16.3 Å². The second kappa shape index (κ2) is 5.13. The maximum absolute atomic E-state index is 12.5. The van der Waals surface area contributed by atoms with Gasteiger partial charge in [-0.3, -0.25) is 4.98 Å². The highest BCUT2D eigenvalue weighted by Crippen LogP contribution is 2.22. The fourth-order valence-electron chi connectivity index (χ4n) is 1.92. The van der Waals surface area contributed by atoms with Gasteiger partial charge >= 0.3 is 0 Å². The van der Waals surface area contributed by atoms with E-state index in [0.717, 1.165) is 23.2 Å². The Kier molecular flexibility index (Phi) is 3.71. The molecule has 0 aliphatic rings. The van der Waals surface area contributed by atoms with Crippen molar-refractivity contribution < 1.29 is 8.42 Å². The number of aromatic nitrogens is 1. The molecule has 0 amide bonds. The Morgan fingerprint density at radius 2 is 1.68 bits per heavy atom. The van der Waals surface area contributed by atoms with Gasteiger partial charge in [-0.1, -0.05) is 24.6 Å². The van der Waals surface area contributed by atoms with Crippen LogP contribution in [0.25, 0.3) is 0 Å². The molecular formula is C15H17NO2S. The van der Waals surface area contributed by atoms with E-state index in [1.165, 1.54) is 6.20 Å². The molecule has 2 rings (SSSR count). The molecule has 100 valence electrons. The van der Waals surface area contributed by atoms with Crippen LogP contribution in [0, 0.1) is 13.8 Å². The highest BCUT2D eigenvalue weighted by molar-refractivity contribution is 7.91. The molecule has 2 aromatic rings. The lowest BCUT2D eigenvalue weighted by Gasteiger charge is -2.08. The first-order chi connectivity index (χ1) is 8.95. The SMILES string of the molecule is CCc1cc(S(=O)(=O)c2ccc(C)cc2)cnc1C. The fourth-order valence-corrected chi connectivity index (χ4v) is 3.17. The Labute approximate surface area is 114 Å². The predicted molar refractivity (Wildman–Crippen MR) is 75.0 cm³/mol. The van der Waals surface area contributed by atoms with E-state index >= 15 is 0 Å². The zero-order valence-corrected chi connectivity index (χ0v) is 12.2. The van der Waals surface area contributed by atoms with Crippen LogP contribution in [0.4, 0.5) is 0 Å². The maximum atomic E-state index is 12.5. The molecule has 0 fully saturated rings. The number of hydrogen-bond acceptors (Lipinski definition) is 3. The van der Waals surface area contributed by atoms with Crippen LogP contribution in [0.5, 0.6) is 0 Å². The molecule has 19 heavy (non-hydrogen) atoms. The summed E-state index contributed by atoms with van der Waals surface area (Å²) in [4.78, 5) is 4.75. The predicted octanol–water partition coefficient (Wildman–Crippen LogP) is 3.09. The summed E-state index contributed by atoms with van der Waals surface area (Å²) >= 11 is 0. The summed E-state index contributed by atoms with van der Waals surface area (Å²) < 4.78 is 25.0. The van der Waals surface area contributed by atoms with Crippen molar-refractivity contribution in [3.63, 3.8) is 0 Å². The molecule has 1 aromatic heterocycles. The van der Waals surface area contributed by atoms with Crippen molar-refractivity contribution in [2.24, 2.45) is 0 Å². The van der Waals surface area contributed by atoms with Crippen LogP contribution in [0.2, 0.25) is 0 Å². The fraction of sp³-hybridized carbons (Fsp3) is 0.267. The molecule has 1 heterocycles. The Hall–Kier alpha value is -1.68. The third-order valence-corrected chi connectivity index (χ3v) is 4.93. The first-order valence-corrected chi connectivity index (χ1v) is 7.70. The third-order valence-electron chi connectivity index (χ3n) is 3.19. The molecule has 0 aliphatic heterocycles. The molecule has 0 unspecified atom stereocenters. The van der Waals surface area contributed by atoms with E-state index < -0.39 is 9.84 Å². The first-order valence-electron chi connectivity index (χ1n) is 6.22. The van der Waals surface area contributed by atoms with E-state index in [9.17, 15) is 8.42 Å². The molecule has 0 saturated carbocycles. The van der Waals surface area contributed by atoms with Gasteiger partial charge in [-0.05, 0) is 44.0 Å². The zero-order valence-electron chi connectivity index (χ0n) is 11.3. The number of pyridine rings is 1. The molecule has 3 nitrogen and oxygen atoms in total. The van der Waals surface area contributed by atoms with Gasteiger partial charge in [0.2, 0.25) is 9.84 Å². The highest BCUT2D eigenvalue weighted by atomic mass is 32.2. The van der Waals surface area contributed by atoms with Crippen molar-refractivity contribution in [2.45, 2.75) is 37.0 Å². The van der Waals surface area contributed by atoms with Crippen molar-refractivity contribution >= 4 is 9.84 Å². The second-order valence-electron chi connectivity index (χ2n) is 4.59. The summed E-state index contributed by atoms with van der Waals surface area (Å²) in [6.45, 7) is 5.81. The van der Waals surface area contributed by atoms with E-state index in [4.69, 9.17) is 0 Å². The molecule has 0 atom stereocenters. The monoisotopic (exact) mass is 275 g/mol. The summed E-state index contributed by atoms with van der Waals surface area (Å²) in [6.07, 6.45) is 2.21. The van der Waals surface area contributed by atoms with Gasteiger partial charge in [-0.25, -0.2) is 8.42 Å². The van der Waals surface area contributed by atoms with Gasteiger partial charge < -0.3 is 0 Å².